The highest BCUT2D eigenvalue weighted by molar-refractivity contribution is 7.99. The Labute approximate surface area is 149 Å². The Hall–Kier alpha value is -1.83. The van der Waals surface area contributed by atoms with Crippen LogP contribution in [0.5, 0.6) is 0 Å². The molecule has 0 aliphatic carbocycles. The van der Waals surface area contributed by atoms with E-state index >= 15 is 0 Å². The van der Waals surface area contributed by atoms with E-state index in [1.807, 2.05) is 0 Å². The van der Waals surface area contributed by atoms with Crippen LogP contribution in [0.15, 0.2) is 12.1 Å². The van der Waals surface area contributed by atoms with E-state index in [4.69, 9.17) is 4.74 Å². The second-order valence-electron chi connectivity index (χ2n) is 6.23. The average molecular weight is 370 g/mol. The Morgan fingerprint density at radius 3 is 2.68 bits per heavy atom. The van der Waals surface area contributed by atoms with Crippen molar-refractivity contribution < 1.29 is 23.1 Å². The Kier molecular flexibility index (Phi) is 5.46. The fourth-order valence-corrected chi connectivity index (χ4v) is 4.48. The third kappa shape index (κ3) is 4.05. The van der Waals surface area contributed by atoms with Gasteiger partial charge in [0, 0.05) is 17.7 Å². The number of anilines is 1. The van der Waals surface area contributed by atoms with Gasteiger partial charge in [-0.25, -0.2) is 13.6 Å². The van der Waals surface area contributed by atoms with E-state index in [1.54, 1.807) is 11.8 Å². The van der Waals surface area contributed by atoms with Crippen LogP contribution in [0.3, 0.4) is 0 Å². The maximum absolute atomic E-state index is 14.5. The summed E-state index contributed by atoms with van der Waals surface area (Å²) in [6, 6.07) is 2.38. The van der Waals surface area contributed by atoms with Gasteiger partial charge in [-0.15, -0.1) is 0 Å². The Morgan fingerprint density at radius 2 is 2.08 bits per heavy atom. The van der Waals surface area contributed by atoms with Gasteiger partial charge in [-0.1, -0.05) is 6.42 Å². The van der Waals surface area contributed by atoms with Gasteiger partial charge in [0.1, 0.15) is 17.7 Å². The van der Waals surface area contributed by atoms with Crippen molar-refractivity contribution in [3.05, 3.63) is 29.3 Å². The third-order valence-electron chi connectivity index (χ3n) is 4.33. The molecule has 0 aromatic heterocycles. The Morgan fingerprint density at radius 1 is 1.36 bits per heavy atom. The number of nitrogens with one attached hydrogen (secondary N) is 1. The van der Waals surface area contributed by atoms with Crippen LogP contribution in [0.25, 0.3) is 0 Å². The van der Waals surface area contributed by atoms with E-state index in [0.717, 1.165) is 25.0 Å². The van der Waals surface area contributed by atoms with Crippen molar-refractivity contribution in [2.45, 2.75) is 37.5 Å². The minimum Gasteiger partial charge on any atom is -0.442 e. The average Bonchev–Trinajstić information content (AvgIpc) is 2.94. The molecule has 2 atom stereocenters. The predicted molar refractivity (Wildman–Crippen MR) is 91.7 cm³/mol. The van der Waals surface area contributed by atoms with Crippen LogP contribution in [-0.4, -0.2) is 36.9 Å². The second-order valence-corrected chi connectivity index (χ2v) is 7.54. The molecule has 5 nitrogen and oxygen atoms in total. The number of nitrogens with zero attached hydrogens (tertiary/aromatic N) is 1. The molecule has 1 N–H and O–H groups in total. The standard InChI is InChI=1S/C17H20F2N2O3S/c1-10(22)20-8-12-9-21(17(23)24-12)11-6-13(18)16(14(19)7-11)15-4-2-3-5-25-15/h6-7,12,15H,2-5,8-9H2,1H3,(H,20,22)/t12?,15-/m0/s1. The van der Waals surface area contributed by atoms with Crippen LogP contribution in [0.1, 0.15) is 37.0 Å². The van der Waals surface area contributed by atoms with Gasteiger partial charge >= 0.3 is 6.09 Å². The van der Waals surface area contributed by atoms with Gasteiger partial charge in [0.25, 0.3) is 0 Å². The van der Waals surface area contributed by atoms with Crippen LogP contribution in [0.4, 0.5) is 19.3 Å². The van der Waals surface area contributed by atoms with E-state index in [-0.39, 0.29) is 35.5 Å². The summed E-state index contributed by atoms with van der Waals surface area (Å²) in [5, 5.41) is 2.38. The zero-order valence-electron chi connectivity index (χ0n) is 13.9. The van der Waals surface area contributed by atoms with Gasteiger partial charge in [0.2, 0.25) is 5.91 Å². The molecule has 2 heterocycles. The van der Waals surface area contributed by atoms with Gasteiger partial charge in [0.05, 0.1) is 18.8 Å². The lowest BCUT2D eigenvalue weighted by Gasteiger charge is -2.23. The fraction of sp³-hybridized carbons (Fsp3) is 0.529. The largest absolute Gasteiger partial charge is 0.442 e. The maximum Gasteiger partial charge on any atom is 0.414 e. The van der Waals surface area contributed by atoms with Gasteiger partial charge in [-0.3, -0.25) is 9.69 Å². The summed E-state index contributed by atoms with van der Waals surface area (Å²) >= 11 is 1.57. The van der Waals surface area contributed by atoms with Crippen molar-refractivity contribution in [3.63, 3.8) is 0 Å². The first-order valence-electron chi connectivity index (χ1n) is 8.29. The smallest absolute Gasteiger partial charge is 0.414 e. The monoisotopic (exact) mass is 370 g/mol. The molecule has 0 bridgehead atoms. The van der Waals surface area contributed by atoms with Crippen LogP contribution >= 0.6 is 11.8 Å². The van der Waals surface area contributed by atoms with Gasteiger partial charge in [-0.2, -0.15) is 11.8 Å². The van der Waals surface area contributed by atoms with E-state index in [2.05, 4.69) is 5.32 Å². The number of hydrogen-bond donors (Lipinski definition) is 1. The first-order valence-corrected chi connectivity index (χ1v) is 9.33. The molecule has 1 aromatic carbocycles. The number of cyclic esters (lactones) is 1. The lowest BCUT2D eigenvalue weighted by Crippen LogP contribution is -2.33. The number of benzene rings is 1. The van der Waals surface area contributed by atoms with Gasteiger partial charge in [-0.05, 0) is 30.7 Å². The van der Waals surface area contributed by atoms with Crippen molar-refractivity contribution in [1.29, 1.82) is 0 Å². The lowest BCUT2D eigenvalue weighted by molar-refractivity contribution is -0.119. The fourth-order valence-electron chi connectivity index (χ4n) is 3.10. The zero-order chi connectivity index (χ0) is 18.0. The Balaban J connectivity index is 1.76. The summed E-state index contributed by atoms with van der Waals surface area (Å²) in [6.07, 6.45) is 1.56. The summed E-state index contributed by atoms with van der Waals surface area (Å²) in [5.41, 5.74) is 0.227. The quantitative estimate of drug-likeness (QED) is 0.883. The first kappa shape index (κ1) is 18.0. The molecule has 2 aliphatic heterocycles. The van der Waals surface area contributed by atoms with Crippen molar-refractivity contribution >= 4 is 29.4 Å². The SMILES string of the molecule is CC(=O)NCC1CN(c2cc(F)c([C@@H]3CCCCS3)c(F)c2)C(=O)O1. The third-order valence-corrected chi connectivity index (χ3v) is 5.73. The molecule has 1 unspecified atom stereocenters. The number of hydrogen-bond acceptors (Lipinski definition) is 4. The molecular weight excluding hydrogens is 350 g/mol. The zero-order valence-corrected chi connectivity index (χ0v) is 14.7. The predicted octanol–water partition coefficient (Wildman–Crippen LogP) is 3.38. The Bertz CT molecular complexity index is 657. The van der Waals surface area contributed by atoms with Crippen molar-refractivity contribution in [2.24, 2.45) is 0 Å². The molecule has 2 saturated heterocycles. The second kappa shape index (κ2) is 7.59. The van der Waals surface area contributed by atoms with Gasteiger partial charge < -0.3 is 10.1 Å². The highest BCUT2D eigenvalue weighted by Crippen LogP contribution is 2.41. The highest BCUT2D eigenvalue weighted by atomic mass is 32.2. The molecule has 2 aliphatic rings. The molecule has 2 fully saturated rings. The topological polar surface area (TPSA) is 58.6 Å². The van der Waals surface area contributed by atoms with E-state index < -0.39 is 23.8 Å². The van der Waals surface area contributed by atoms with Crippen LogP contribution in [0, 0.1) is 11.6 Å². The number of thioether (sulfide) groups is 1. The van der Waals surface area contributed by atoms with E-state index in [0.29, 0.717) is 0 Å². The normalized spacial score (nSPS) is 23.5. The molecule has 0 saturated carbocycles. The van der Waals surface area contributed by atoms with Gasteiger partial charge in [0.15, 0.2) is 0 Å². The van der Waals surface area contributed by atoms with Crippen molar-refractivity contribution in [1.82, 2.24) is 5.32 Å². The molecule has 3 rings (SSSR count). The number of carbonyl (C=O) groups is 2. The number of ether oxygens (including phenoxy) is 1. The van der Waals surface area contributed by atoms with Crippen LogP contribution in [-0.2, 0) is 9.53 Å². The minimum absolute atomic E-state index is 0.0933. The number of amides is 2. The summed E-state index contributed by atoms with van der Waals surface area (Å²) in [6.45, 7) is 1.66. The van der Waals surface area contributed by atoms with E-state index in [1.165, 1.54) is 24.0 Å². The number of carbonyl (C=O) groups excluding carboxylic acids is 2. The first-order chi connectivity index (χ1) is 12.0. The molecule has 2 amide bonds. The summed E-state index contributed by atoms with van der Waals surface area (Å²) in [7, 11) is 0. The molecule has 136 valence electrons. The maximum atomic E-state index is 14.5. The summed E-state index contributed by atoms with van der Waals surface area (Å²) < 4.78 is 34.2. The van der Waals surface area contributed by atoms with E-state index in [9.17, 15) is 18.4 Å². The molecule has 25 heavy (non-hydrogen) atoms. The highest BCUT2D eigenvalue weighted by Gasteiger charge is 2.34. The number of halogens is 2. The van der Waals surface area contributed by atoms with Crippen molar-refractivity contribution in [2.75, 3.05) is 23.7 Å². The van der Waals surface area contributed by atoms with Crippen molar-refractivity contribution in [3.8, 4) is 0 Å². The van der Waals surface area contributed by atoms with Crippen LogP contribution < -0.4 is 10.2 Å². The molecule has 0 radical (unpaired) electrons. The molecule has 0 spiro atoms. The summed E-state index contributed by atoms with van der Waals surface area (Å²) in [4.78, 5) is 24.1. The minimum atomic E-state index is -0.672. The van der Waals surface area contributed by atoms with Crippen LogP contribution in [0.2, 0.25) is 0 Å². The number of rotatable bonds is 4. The molecular formula is C17H20F2N2O3S. The molecule has 1 aromatic rings. The lowest BCUT2D eigenvalue weighted by atomic mass is 10.0. The summed E-state index contributed by atoms with van der Waals surface area (Å²) in [5.74, 6) is -0.602. The molecule has 8 heteroatoms.